The Morgan fingerprint density at radius 2 is 1.87 bits per heavy atom. The molecule has 5 rings (SSSR count). The molecule has 0 bridgehead atoms. The van der Waals surface area contributed by atoms with Crippen molar-refractivity contribution in [2.24, 2.45) is 5.92 Å². The second-order valence-electron chi connectivity index (χ2n) is 8.28. The van der Waals surface area contributed by atoms with Gasteiger partial charge in [0.05, 0.1) is 19.3 Å². The van der Waals surface area contributed by atoms with Gasteiger partial charge >= 0.3 is 0 Å². The number of anilines is 1. The van der Waals surface area contributed by atoms with Gasteiger partial charge in [0.15, 0.2) is 5.69 Å². The van der Waals surface area contributed by atoms with Gasteiger partial charge in [0.2, 0.25) is 0 Å². The molecule has 0 spiro atoms. The van der Waals surface area contributed by atoms with E-state index >= 15 is 0 Å². The lowest BCUT2D eigenvalue weighted by Gasteiger charge is -2.36. The van der Waals surface area contributed by atoms with Crippen LogP contribution in [-0.4, -0.2) is 77.8 Å². The van der Waals surface area contributed by atoms with E-state index in [0.29, 0.717) is 43.5 Å². The number of para-hydroxylation sites is 2. The molecule has 0 N–H and O–H groups in total. The van der Waals surface area contributed by atoms with Gasteiger partial charge < -0.3 is 19.4 Å². The van der Waals surface area contributed by atoms with E-state index in [0.717, 1.165) is 31.1 Å². The highest BCUT2D eigenvalue weighted by molar-refractivity contribution is 5.98. The molecule has 1 saturated carbocycles. The summed E-state index contributed by atoms with van der Waals surface area (Å²) in [5.74, 6) is 1.40. The number of piperazine rings is 1. The van der Waals surface area contributed by atoms with Gasteiger partial charge in [-0.05, 0) is 30.9 Å². The number of methoxy groups -OCH3 is 1. The molecule has 1 aromatic carbocycles. The van der Waals surface area contributed by atoms with Gasteiger partial charge in [-0.3, -0.25) is 14.3 Å². The van der Waals surface area contributed by atoms with Crippen LogP contribution in [0.4, 0.5) is 5.69 Å². The molecule has 2 aliphatic heterocycles. The Balaban J connectivity index is 1.25. The maximum atomic E-state index is 13.0. The summed E-state index contributed by atoms with van der Waals surface area (Å²) in [5, 5.41) is 4.45. The summed E-state index contributed by atoms with van der Waals surface area (Å²) in [5.41, 5.74) is 1.96. The van der Waals surface area contributed by atoms with Crippen molar-refractivity contribution < 1.29 is 14.3 Å². The summed E-state index contributed by atoms with van der Waals surface area (Å²) in [4.78, 5) is 31.8. The third-order valence-electron chi connectivity index (χ3n) is 6.26. The van der Waals surface area contributed by atoms with Crippen molar-refractivity contribution in [3.63, 3.8) is 0 Å². The summed E-state index contributed by atoms with van der Waals surface area (Å²) < 4.78 is 7.16. The first kappa shape index (κ1) is 19.0. The minimum Gasteiger partial charge on any atom is -0.495 e. The number of carbonyl (C=O) groups excluding carboxylic acids is 2. The zero-order valence-corrected chi connectivity index (χ0v) is 17.3. The number of hydrogen-bond acceptors (Lipinski definition) is 5. The molecule has 3 aliphatic rings. The van der Waals surface area contributed by atoms with Gasteiger partial charge in [0.25, 0.3) is 11.8 Å². The van der Waals surface area contributed by atoms with Gasteiger partial charge in [-0.2, -0.15) is 5.10 Å². The first-order chi connectivity index (χ1) is 14.6. The zero-order valence-electron chi connectivity index (χ0n) is 17.3. The highest BCUT2D eigenvalue weighted by atomic mass is 16.5. The van der Waals surface area contributed by atoms with Crippen molar-refractivity contribution in [3.05, 3.63) is 41.7 Å². The van der Waals surface area contributed by atoms with Crippen LogP contribution in [0.3, 0.4) is 0 Å². The standard InChI is InChI=1S/C22H27N5O3/c1-30-20-5-3-2-4-18(20)24-8-10-25(11-9-24)21(28)17-14-19-22(29)26(15-16-6-7-16)12-13-27(19)23-17/h2-5,14,16H,6-13,15H2,1H3. The predicted molar refractivity (Wildman–Crippen MR) is 112 cm³/mol. The largest absolute Gasteiger partial charge is 0.495 e. The third-order valence-corrected chi connectivity index (χ3v) is 6.26. The molecule has 158 valence electrons. The lowest BCUT2D eigenvalue weighted by molar-refractivity contribution is 0.0685. The lowest BCUT2D eigenvalue weighted by Crippen LogP contribution is -2.49. The number of fused-ring (bicyclic) bond motifs is 1. The molecular formula is C22H27N5O3. The number of rotatable bonds is 5. The van der Waals surface area contributed by atoms with Crippen molar-refractivity contribution in [2.45, 2.75) is 19.4 Å². The smallest absolute Gasteiger partial charge is 0.274 e. The Hall–Kier alpha value is -3.03. The van der Waals surface area contributed by atoms with E-state index in [-0.39, 0.29) is 11.8 Å². The molecule has 8 heteroatoms. The van der Waals surface area contributed by atoms with E-state index in [1.807, 2.05) is 34.1 Å². The van der Waals surface area contributed by atoms with E-state index in [9.17, 15) is 9.59 Å². The Kier molecular flexibility index (Phi) is 4.84. The van der Waals surface area contributed by atoms with Gasteiger partial charge in [-0.15, -0.1) is 0 Å². The first-order valence-corrected chi connectivity index (χ1v) is 10.7. The van der Waals surface area contributed by atoms with Crippen LogP contribution in [0, 0.1) is 5.92 Å². The van der Waals surface area contributed by atoms with Gasteiger partial charge in [0, 0.05) is 45.3 Å². The number of ether oxygens (including phenoxy) is 1. The topological polar surface area (TPSA) is 70.9 Å². The van der Waals surface area contributed by atoms with Crippen LogP contribution < -0.4 is 9.64 Å². The van der Waals surface area contributed by atoms with Crippen molar-refractivity contribution >= 4 is 17.5 Å². The van der Waals surface area contributed by atoms with Crippen LogP contribution >= 0.6 is 0 Å². The average molecular weight is 409 g/mol. The minimum atomic E-state index is -0.0990. The summed E-state index contributed by atoms with van der Waals surface area (Å²) >= 11 is 0. The van der Waals surface area contributed by atoms with Crippen LogP contribution in [0.2, 0.25) is 0 Å². The fourth-order valence-electron chi connectivity index (χ4n) is 4.33. The van der Waals surface area contributed by atoms with Crippen molar-refractivity contribution in [1.29, 1.82) is 0 Å². The van der Waals surface area contributed by atoms with Crippen LogP contribution in [0.5, 0.6) is 5.75 Å². The predicted octanol–water partition coefficient (Wildman–Crippen LogP) is 1.72. The highest BCUT2D eigenvalue weighted by Crippen LogP contribution is 2.31. The molecule has 1 aliphatic carbocycles. The minimum absolute atomic E-state index is 0.000641. The molecule has 8 nitrogen and oxygen atoms in total. The molecule has 30 heavy (non-hydrogen) atoms. The third kappa shape index (κ3) is 3.51. The number of benzene rings is 1. The summed E-state index contributed by atoms with van der Waals surface area (Å²) in [6.07, 6.45) is 2.43. The second kappa shape index (κ2) is 7.66. The van der Waals surface area contributed by atoms with E-state index in [1.54, 1.807) is 17.9 Å². The summed E-state index contributed by atoms with van der Waals surface area (Å²) in [7, 11) is 1.67. The number of hydrogen-bond donors (Lipinski definition) is 0. The number of nitrogens with zero attached hydrogens (tertiary/aromatic N) is 5. The molecule has 3 heterocycles. The average Bonchev–Trinajstić information content (AvgIpc) is 3.50. The van der Waals surface area contributed by atoms with Crippen molar-refractivity contribution in [1.82, 2.24) is 19.6 Å². The Labute approximate surface area is 176 Å². The molecular weight excluding hydrogens is 382 g/mol. The molecule has 0 radical (unpaired) electrons. The van der Waals surface area contributed by atoms with Crippen LogP contribution in [0.25, 0.3) is 0 Å². The normalized spacial score (nSPS) is 19.1. The van der Waals surface area contributed by atoms with Crippen LogP contribution in [0.15, 0.2) is 30.3 Å². The molecule has 0 unspecified atom stereocenters. The summed E-state index contributed by atoms with van der Waals surface area (Å²) in [6, 6.07) is 9.62. The van der Waals surface area contributed by atoms with E-state index in [4.69, 9.17) is 4.74 Å². The van der Waals surface area contributed by atoms with Crippen LogP contribution in [0.1, 0.15) is 33.8 Å². The zero-order chi connectivity index (χ0) is 20.7. The highest BCUT2D eigenvalue weighted by Gasteiger charge is 2.33. The molecule has 0 atom stereocenters. The van der Waals surface area contributed by atoms with Crippen molar-refractivity contribution in [3.8, 4) is 5.75 Å². The number of aromatic nitrogens is 2. The maximum Gasteiger partial charge on any atom is 0.274 e. The molecule has 2 fully saturated rings. The Bertz CT molecular complexity index is 959. The van der Waals surface area contributed by atoms with E-state index in [1.165, 1.54) is 12.8 Å². The Morgan fingerprint density at radius 1 is 1.10 bits per heavy atom. The maximum absolute atomic E-state index is 13.0. The number of amides is 2. The second-order valence-corrected chi connectivity index (χ2v) is 8.28. The fraction of sp³-hybridized carbons (Fsp3) is 0.500. The molecule has 2 amide bonds. The Morgan fingerprint density at radius 3 is 2.60 bits per heavy atom. The molecule has 2 aromatic rings. The van der Waals surface area contributed by atoms with E-state index < -0.39 is 0 Å². The monoisotopic (exact) mass is 409 g/mol. The van der Waals surface area contributed by atoms with Gasteiger partial charge in [-0.1, -0.05) is 12.1 Å². The first-order valence-electron chi connectivity index (χ1n) is 10.7. The number of carbonyl (C=O) groups is 2. The molecule has 1 saturated heterocycles. The van der Waals surface area contributed by atoms with E-state index in [2.05, 4.69) is 10.00 Å². The SMILES string of the molecule is COc1ccccc1N1CCN(C(=O)c2cc3n(n2)CCN(CC2CC2)C3=O)CC1. The van der Waals surface area contributed by atoms with Crippen molar-refractivity contribution in [2.75, 3.05) is 51.3 Å². The quantitative estimate of drug-likeness (QED) is 0.752. The van der Waals surface area contributed by atoms with Gasteiger partial charge in [-0.25, -0.2) is 0 Å². The molecule has 1 aromatic heterocycles. The fourth-order valence-corrected chi connectivity index (χ4v) is 4.33. The summed E-state index contributed by atoms with van der Waals surface area (Å²) in [6.45, 7) is 4.85. The lowest BCUT2D eigenvalue weighted by atomic mass is 10.2. The van der Waals surface area contributed by atoms with Gasteiger partial charge in [0.1, 0.15) is 11.4 Å². The van der Waals surface area contributed by atoms with Crippen LogP contribution in [-0.2, 0) is 6.54 Å².